The van der Waals surface area contributed by atoms with Crippen molar-refractivity contribution >= 4 is 54.3 Å². The molecule has 0 saturated heterocycles. The van der Waals surface area contributed by atoms with Gasteiger partial charge in [-0.05, 0) is 91.0 Å². The maximum absolute atomic E-state index is 9.01. The summed E-state index contributed by atoms with van der Waals surface area (Å²) in [6.07, 6.45) is 1.69. The van der Waals surface area contributed by atoms with Crippen LogP contribution in [0.5, 0.6) is 0 Å². The van der Waals surface area contributed by atoms with E-state index < -0.39 is 30.2 Å². The highest BCUT2D eigenvalue weighted by molar-refractivity contribution is 6.25. The third kappa shape index (κ3) is 4.06. The van der Waals surface area contributed by atoms with Gasteiger partial charge in [-0.2, -0.15) is 0 Å². The summed E-state index contributed by atoms with van der Waals surface area (Å²) < 4.78 is 72.8. The van der Waals surface area contributed by atoms with Gasteiger partial charge in [0.2, 0.25) is 0 Å². The van der Waals surface area contributed by atoms with Crippen LogP contribution in [0.25, 0.3) is 99.0 Å². The summed E-state index contributed by atoms with van der Waals surface area (Å²) in [6, 6.07) is 37.5. The Morgan fingerprint density at radius 1 is 0.417 bits per heavy atom. The molecule has 2 heterocycles. The van der Waals surface area contributed by atoms with E-state index in [9.17, 15) is 0 Å². The van der Waals surface area contributed by atoms with E-state index in [1.54, 1.807) is 12.3 Å². The average Bonchev–Trinajstić information content (AvgIpc) is 3.85. The first kappa shape index (κ1) is 20.7. The molecule has 10 rings (SSSR count). The van der Waals surface area contributed by atoms with Crippen LogP contribution in [-0.2, 0) is 0 Å². The number of furan rings is 2. The molecule has 0 spiro atoms. The Balaban J connectivity index is 1.28. The van der Waals surface area contributed by atoms with Crippen LogP contribution in [0, 0.1) is 0 Å². The van der Waals surface area contributed by atoms with E-state index in [0.29, 0.717) is 5.56 Å². The Kier molecular flexibility index (Phi) is 4.56. The lowest BCUT2D eigenvalue weighted by Crippen LogP contribution is -1.92. The van der Waals surface area contributed by atoms with Gasteiger partial charge in [-0.3, -0.25) is 0 Å². The predicted molar refractivity (Wildman–Crippen MR) is 200 cm³/mol. The molecule has 0 unspecified atom stereocenters. The van der Waals surface area contributed by atoms with E-state index in [-0.39, 0.29) is 28.4 Å². The van der Waals surface area contributed by atoms with Crippen molar-refractivity contribution in [2.24, 2.45) is 0 Å². The number of hydrogen-bond acceptors (Lipinski definition) is 2. The van der Waals surface area contributed by atoms with E-state index in [1.807, 2.05) is 78.9 Å². The molecule has 0 saturated carbocycles. The molecule has 0 atom stereocenters. The van der Waals surface area contributed by atoms with E-state index in [1.165, 1.54) is 0 Å². The van der Waals surface area contributed by atoms with Crippen LogP contribution in [0.2, 0.25) is 0 Å². The smallest absolute Gasteiger partial charge is 0.143 e. The standard InChI is InChI=1S/C46H28O2/c1-2-15-34-29(11-1)12-10-21-35(34)30-13-9-14-32(27-30)43-36-16-3-5-18-38(36)44(39-19-6-4-17-37(39)43)45-40-20-7-8-22-42(40)48-46(45)33-23-24-41-31(28-33)25-26-47-41/h1-28H/i1D,2D,10D,11D,12D,15D,21D. The lowest BCUT2D eigenvalue weighted by Gasteiger charge is -2.18. The molecular weight excluding hydrogens is 585 g/mol. The van der Waals surface area contributed by atoms with Crippen molar-refractivity contribution in [3.8, 4) is 44.7 Å². The van der Waals surface area contributed by atoms with Crippen molar-refractivity contribution in [2.75, 3.05) is 0 Å². The van der Waals surface area contributed by atoms with Crippen molar-refractivity contribution in [1.82, 2.24) is 0 Å². The zero-order chi connectivity index (χ0) is 37.7. The maximum Gasteiger partial charge on any atom is 0.143 e. The molecule has 2 nitrogen and oxygen atoms in total. The second kappa shape index (κ2) is 10.6. The molecule has 224 valence electrons. The average molecular weight is 620 g/mol. The highest BCUT2D eigenvalue weighted by Crippen LogP contribution is 2.50. The highest BCUT2D eigenvalue weighted by Gasteiger charge is 2.24. The third-order valence-electron chi connectivity index (χ3n) is 9.24. The molecule has 0 aliphatic heterocycles. The fourth-order valence-corrected chi connectivity index (χ4v) is 7.17. The lowest BCUT2D eigenvalue weighted by molar-refractivity contribution is 0.615. The van der Waals surface area contributed by atoms with Gasteiger partial charge in [0.15, 0.2) is 0 Å². The predicted octanol–water partition coefficient (Wildman–Crippen LogP) is 13.3. The van der Waals surface area contributed by atoms with Crippen LogP contribution < -0.4 is 0 Å². The van der Waals surface area contributed by atoms with Crippen LogP contribution in [-0.4, -0.2) is 0 Å². The van der Waals surface area contributed by atoms with E-state index in [0.717, 1.165) is 77.1 Å². The molecule has 0 bridgehead atoms. The van der Waals surface area contributed by atoms with Crippen LogP contribution >= 0.6 is 0 Å². The van der Waals surface area contributed by atoms with Crippen molar-refractivity contribution in [3.63, 3.8) is 0 Å². The molecule has 8 aromatic carbocycles. The van der Waals surface area contributed by atoms with Crippen molar-refractivity contribution in [2.45, 2.75) is 0 Å². The van der Waals surface area contributed by atoms with Crippen molar-refractivity contribution in [1.29, 1.82) is 0 Å². The molecule has 10 aromatic rings. The summed E-state index contributed by atoms with van der Waals surface area (Å²) in [6.45, 7) is 0. The van der Waals surface area contributed by atoms with Gasteiger partial charge in [-0.15, -0.1) is 0 Å². The SMILES string of the molecule is [2H]c1c([2H])c([2H])c2c(-c3cccc(-c4c5ccccc5c(-c5c(-c6ccc7occc7c6)oc6ccccc56)c5ccccc45)c3)c([2H])c([2H])c([2H])c2c1[2H]. The van der Waals surface area contributed by atoms with Gasteiger partial charge in [-0.1, -0.05) is 127 Å². The normalized spacial score (nSPS) is 13.8. The molecule has 0 radical (unpaired) electrons. The topological polar surface area (TPSA) is 26.3 Å². The number of rotatable bonds is 4. The Labute approximate surface area is 286 Å². The Hall–Kier alpha value is -6.38. The summed E-state index contributed by atoms with van der Waals surface area (Å²) in [5.41, 5.74) is 6.98. The second-order valence-electron chi connectivity index (χ2n) is 11.9. The van der Waals surface area contributed by atoms with Gasteiger partial charge in [0.25, 0.3) is 0 Å². The van der Waals surface area contributed by atoms with Crippen LogP contribution in [0.15, 0.2) is 179 Å². The minimum atomic E-state index is -0.476. The molecule has 0 aliphatic rings. The lowest BCUT2D eigenvalue weighted by atomic mass is 9.84. The minimum Gasteiger partial charge on any atom is -0.464 e. The number of fused-ring (bicyclic) bond motifs is 5. The fourth-order valence-electron chi connectivity index (χ4n) is 7.17. The van der Waals surface area contributed by atoms with Gasteiger partial charge in [0.05, 0.1) is 15.9 Å². The second-order valence-corrected chi connectivity index (χ2v) is 11.9. The van der Waals surface area contributed by atoms with Crippen LogP contribution in [0.1, 0.15) is 9.60 Å². The first-order valence-electron chi connectivity index (χ1n) is 19.3. The summed E-state index contributed by atoms with van der Waals surface area (Å²) in [5, 5.41) is 5.93. The van der Waals surface area contributed by atoms with Gasteiger partial charge in [0.1, 0.15) is 16.9 Å². The summed E-state index contributed by atoms with van der Waals surface area (Å²) >= 11 is 0. The highest BCUT2D eigenvalue weighted by atomic mass is 16.3. The van der Waals surface area contributed by atoms with Gasteiger partial charge in [0, 0.05) is 27.5 Å². The first-order chi connectivity index (χ1) is 26.7. The molecule has 2 aromatic heterocycles. The monoisotopic (exact) mass is 619 g/mol. The fraction of sp³-hybridized carbons (Fsp3) is 0. The van der Waals surface area contributed by atoms with Gasteiger partial charge >= 0.3 is 0 Å². The Morgan fingerprint density at radius 3 is 1.92 bits per heavy atom. The molecule has 0 N–H and O–H groups in total. The quantitative estimate of drug-likeness (QED) is 0.183. The third-order valence-corrected chi connectivity index (χ3v) is 9.24. The van der Waals surface area contributed by atoms with Crippen LogP contribution in [0.3, 0.4) is 0 Å². The van der Waals surface area contributed by atoms with E-state index in [4.69, 9.17) is 18.4 Å². The zero-order valence-corrected chi connectivity index (χ0v) is 25.4. The first-order valence-corrected chi connectivity index (χ1v) is 15.8. The minimum absolute atomic E-state index is 0.0622. The molecule has 0 aliphatic carbocycles. The number of para-hydroxylation sites is 1. The van der Waals surface area contributed by atoms with Gasteiger partial charge < -0.3 is 8.83 Å². The number of benzene rings is 8. The van der Waals surface area contributed by atoms with Crippen molar-refractivity contribution in [3.05, 3.63) is 170 Å². The van der Waals surface area contributed by atoms with E-state index >= 15 is 0 Å². The molecule has 48 heavy (non-hydrogen) atoms. The molecular formula is C46H28O2. The molecule has 0 amide bonds. The van der Waals surface area contributed by atoms with Crippen molar-refractivity contribution < 1.29 is 18.4 Å². The Morgan fingerprint density at radius 2 is 1.10 bits per heavy atom. The summed E-state index contributed by atoms with van der Waals surface area (Å²) in [7, 11) is 0. The molecule has 2 heteroatoms. The zero-order valence-electron chi connectivity index (χ0n) is 32.4. The van der Waals surface area contributed by atoms with Crippen LogP contribution in [0.4, 0.5) is 0 Å². The number of hydrogen-bond donors (Lipinski definition) is 0. The largest absolute Gasteiger partial charge is 0.464 e. The van der Waals surface area contributed by atoms with E-state index in [2.05, 4.69) is 36.4 Å². The summed E-state index contributed by atoms with van der Waals surface area (Å²) in [4.78, 5) is 0. The Bertz CT molecular complexity index is 3180. The summed E-state index contributed by atoms with van der Waals surface area (Å²) in [5.74, 6) is 0.748. The maximum atomic E-state index is 9.01. The molecule has 0 fully saturated rings. The van der Waals surface area contributed by atoms with Gasteiger partial charge in [-0.25, -0.2) is 0 Å².